The Bertz CT molecular complexity index is 2640. The van der Waals surface area contributed by atoms with Gasteiger partial charge in [0.15, 0.2) is 6.29 Å². The molecule has 1 aliphatic rings. The number of rotatable bonds is 14. The van der Waals surface area contributed by atoms with Crippen molar-refractivity contribution in [3.05, 3.63) is 191 Å². The summed E-state index contributed by atoms with van der Waals surface area (Å²) in [5.41, 5.74) is 5.97. The van der Waals surface area contributed by atoms with E-state index in [1.165, 1.54) is 39.2 Å². The molecule has 4 atom stereocenters. The summed E-state index contributed by atoms with van der Waals surface area (Å²) in [6.07, 6.45) is -0.545. The molecule has 0 spiro atoms. The van der Waals surface area contributed by atoms with Gasteiger partial charge in [-0.15, -0.1) is 0 Å². The number of aliphatic hydroxyl groups excluding tert-OH is 1. The van der Waals surface area contributed by atoms with Crippen LogP contribution in [0, 0.1) is 6.92 Å². The predicted molar refractivity (Wildman–Crippen MR) is 237 cm³/mol. The molecule has 10 heteroatoms. The first-order valence-corrected chi connectivity index (χ1v) is 21.7. The summed E-state index contributed by atoms with van der Waals surface area (Å²) in [4.78, 5) is 16.4. The van der Waals surface area contributed by atoms with E-state index < -0.39 is 28.3 Å². The van der Waals surface area contributed by atoms with Crippen molar-refractivity contribution in [1.82, 2.24) is 9.62 Å². The lowest BCUT2D eigenvalue weighted by molar-refractivity contribution is -0.252. The number of sulfonamides is 1. The maximum atomic E-state index is 14.0. The van der Waals surface area contributed by atoms with Gasteiger partial charge in [-0.25, -0.2) is 8.42 Å². The predicted octanol–water partition coefficient (Wildman–Crippen LogP) is 9.00. The number of carbonyl (C=O) groups is 1. The Morgan fingerprint density at radius 3 is 2.10 bits per heavy atom. The van der Waals surface area contributed by atoms with Crippen LogP contribution in [0.5, 0.6) is 0 Å². The Hall–Kier alpha value is -5.72. The monoisotopic (exact) mass is 819 g/mol. The second kappa shape index (κ2) is 18.3. The second-order valence-corrected chi connectivity index (χ2v) is 17.3. The molecule has 1 unspecified atom stereocenters. The average Bonchev–Trinajstić information content (AvgIpc) is 3.26. The maximum Gasteiger partial charge on any atom is 0.242 e. The van der Waals surface area contributed by atoms with Gasteiger partial charge in [-0.05, 0) is 94.5 Å². The number of amides is 1. The van der Waals surface area contributed by atoms with Gasteiger partial charge in [0.05, 0.1) is 23.7 Å². The standard InChI is InChI=1S/C50H49N3O6S/c1-34-19-25-43(26-20-34)60(56,57)52-47(27-35-11-4-3-5-12-35)49(55)51-41-16-10-15-40(29-41)50-58-42(30-48(59-50)37-23-21-36(33-54)22-24-37)31-53(2)32-46-44-17-8-6-13-38(44)28-39-14-7-9-18-45(39)46/h3-26,28-29,42,47-48,50,52,54H,27,30-33H2,1-2H3,(H,51,55)/t42-,47+,48+,50?/m0/s1. The zero-order valence-corrected chi connectivity index (χ0v) is 34.5. The molecule has 0 bridgehead atoms. The van der Waals surface area contributed by atoms with Crippen LogP contribution in [0.25, 0.3) is 21.5 Å². The molecular formula is C50H49N3O6S. The lowest BCUT2D eigenvalue weighted by atomic mass is 9.96. The van der Waals surface area contributed by atoms with E-state index in [4.69, 9.17) is 9.47 Å². The van der Waals surface area contributed by atoms with Crippen molar-refractivity contribution in [2.45, 2.75) is 62.4 Å². The van der Waals surface area contributed by atoms with Crippen molar-refractivity contribution in [2.75, 3.05) is 18.9 Å². The van der Waals surface area contributed by atoms with Gasteiger partial charge in [-0.3, -0.25) is 9.69 Å². The zero-order valence-electron chi connectivity index (χ0n) is 33.7. The summed E-state index contributed by atoms with van der Waals surface area (Å²) in [5, 5.41) is 17.5. The molecule has 0 radical (unpaired) electrons. The second-order valence-electron chi connectivity index (χ2n) is 15.6. The van der Waals surface area contributed by atoms with Crippen molar-refractivity contribution < 1.29 is 27.8 Å². The van der Waals surface area contributed by atoms with Gasteiger partial charge in [0, 0.05) is 30.8 Å². The summed E-state index contributed by atoms with van der Waals surface area (Å²) in [7, 11) is -1.91. The molecule has 0 aliphatic carbocycles. The van der Waals surface area contributed by atoms with E-state index in [2.05, 4.69) is 76.6 Å². The van der Waals surface area contributed by atoms with Crippen molar-refractivity contribution in [2.24, 2.45) is 0 Å². The number of hydrogen-bond donors (Lipinski definition) is 3. The van der Waals surface area contributed by atoms with E-state index in [9.17, 15) is 18.3 Å². The highest BCUT2D eigenvalue weighted by Crippen LogP contribution is 2.39. The van der Waals surface area contributed by atoms with Crippen LogP contribution in [0.2, 0.25) is 0 Å². The molecule has 306 valence electrons. The van der Waals surface area contributed by atoms with Gasteiger partial charge in [0.1, 0.15) is 6.04 Å². The smallest absolute Gasteiger partial charge is 0.242 e. The first kappa shape index (κ1) is 41.0. The van der Waals surface area contributed by atoms with E-state index in [1.54, 1.807) is 18.2 Å². The van der Waals surface area contributed by atoms with Crippen LogP contribution in [0.1, 0.15) is 52.2 Å². The minimum Gasteiger partial charge on any atom is -0.392 e. The Balaban J connectivity index is 1.04. The molecule has 1 heterocycles. The van der Waals surface area contributed by atoms with E-state index in [0.29, 0.717) is 30.8 Å². The highest BCUT2D eigenvalue weighted by molar-refractivity contribution is 7.89. The summed E-state index contributed by atoms with van der Waals surface area (Å²) in [5.74, 6) is -0.500. The van der Waals surface area contributed by atoms with Gasteiger partial charge >= 0.3 is 0 Å². The Kier molecular flexibility index (Phi) is 12.5. The molecule has 7 aromatic rings. The molecule has 1 aliphatic heterocycles. The number of aryl methyl sites for hydroxylation is 1. The van der Waals surface area contributed by atoms with Gasteiger partial charge in [0.2, 0.25) is 15.9 Å². The number of benzene rings is 7. The van der Waals surface area contributed by atoms with Gasteiger partial charge in [-0.2, -0.15) is 4.72 Å². The third kappa shape index (κ3) is 9.66. The van der Waals surface area contributed by atoms with Crippen LogP contribution in [-0.2, 0) is 43.9 Å². The fraction of sp³-hybridized carbons (Fsp3) is 0.220. The van der Waals surface area contributed by atoms with Crippen LogP contribution in [-0.4, -0.2) is 50.1 Å². The van der Waals surface area contributed by atoms with Crippen LogP contribution in [0.4, 0.5) is 5.69 Å². The number of fused-ring (bicyclic) bond motifs is 2. The maximum absolute atomic E-state index is 14.0. The van der Waals surface area contributed by atoms with Crippen LogP contribution < -0.4 is 10.0 Å². The first-order chi connectivity index (χ1) is 29.1. The quantitative estimate of drug-likeness (QED) is 0.0939. The van der Waals surface area contributed by atoms with Crippen molar-refractivity contribution in [3.8, 4) is 0 Å². The van der Waals surface area contributed by atoms with Crippen LogP contribution in [0.15, 0.2) is 163 Å². The lowest BCUT2D eigenvalue weighted by Crippen LogP contribution is -2.45. The summed E-state index contributed by atoms with van der Waals surface area (Å²) >= 11 is 0. The number of nitrogens with zero attached hydrogens (tertiary/aromatic N) is 1. The number of anilines is 1. The number of ether oxygens (including phenoxy) is 2. The zero-order chi connectivity index (χ0) is 41.6. The van der Waals surface area contributed by atoms with E-state index in [1.807, 2.05) is 79.7 Å². The normalized spacial score (nSPS) is 17.5. The molecule has 0 saturated carbocycles. The van der Waals surface area contributed by atoms with Crippen molar-refractivity contribution in [1.29, 1.82) is 0 Å². The van der Waals surface area contributed by atoms with Crippen LogP contribution >= 0.6 is 0 Å². The fourth-order valence-corrected chi connectivity index (χ4v) is 9.19. The van der Waals surface area contributed by atoms with Crippen LogP contribution in [0.3, 0.4) is 0 Å². The summed E-state index contributed by atoms with van der Waals surface area (Å²) < 4.78 is 43.2. The average molecular weight is 820 g/mol. The number of carbonyl (C=O) groups excluding carboxylic acids is 1. The number of aliphatic hydroxyl groups is 1. The van der Waals surface area contributed by atoms with Gasteiger partial charge < -0.3 is 19.9 Å². The largest absolute Gasteiger partial charge is 0.392 e. The molecule has 3 N–H and O–H groups in total. The Morgan fingerprint density at radius 1 is 0.750 bits per heavy atom. The SMILES string of the molecule is Cc1ccc(S(=O)(=O)N[C@H](Cc2ccccc2)C(=O)Nc2cccc(C3O[C@H](CN(C)Cc4c5ccccc5cc5ccccc45)C[C@H](c4ccc(CO)cc4)O3)c2)cc1. The molecule has 0 aromatic heterocycles. The van der Waals surface area contributed by atoms with E-state index >= 15 is 0 Å². The number of hydrogen-bond acceptors (Lipinski definition) is 7. The minimum absolute atomic E-state index is 0.0497. The molecule has 1 fully saturated rings. The molecule has 1 saturated heterocycles. The van der Waals surface area contributed by atoms with Gasteiger partial charge in [0.25, 0.3) is 0 Å². The highest BCUT2D eigenvalue weighted by atomic mass is 32.2. The highest BCUT2D eigenvalue weighted by Gasteiger charge is 2.33. The first-order valence-electron chi connectivity index (χ1n) is 20.2. The molecular weight excluding hydrogens is 771 g/mol. The topological polar surface area (TPSA) is 117 Å². The summed E-state index contributed by atoms with van der Waals surface area (Å²) in [6.45, 7) is 3.17. The third-order valence-corrected chi connectivity index (χ3v) is 12.6. The lowest BCUT2D eigenvalue weighted by Gasteiger charge is -2.38. The van der Waals surface area contributed by atoms with Gasteiger partial charge in [-0.1, -0.05) is 133 Å². The molecule has 1 amide bonds. The van der Waals surface area contributed by atoms with Crippen molar-refractivity contribution >= 4 is 43.2 Å². The number of likely N-dealkylation sites (N-methyl/N-ethyl adjacent to an activating group) is 1. The third-order valence-electron chi connectivity index (χ3n) is 11.1. The molecule has 9 nitrogen and oxygen atoms in total. The summed E-state index contributed by atoms with van der Waals surface area (Å²) in [6, 6.07) is 49.1. The Labute approximate surface area is 351 Å². The van der Waals surface area contributed by atoms with E-state index in [0.717, 1.165) is 22.3 Å². The molecule has 60 heavy (non-hydrogen) atoms. The van der Waals surface area contributed by atoms with E-state index in [-0.39, 0.29) is 30.1 Å². The fourth-order valence-electron chi connectivity index (χ4n) is 8.00. The number of nitrogens with one attached hydrogen (secondary N) is 2. The molecule has 8 rings (SSSR count). The molecule has 7 aromatic carbocycles. The Morgan fingerprint density at radius 2 is 1.42 bits per heavy atom. The minimum atomic E-state index is -4.02. The van der Waals surface area contributed by atoms with Crippen molar-refractivity contribution in [3.63, 3.8) is 0 Å².